The van der Waals surface area contributed by atoms with Crippen LogP contribution in [0.15, 0.2) is 200 Å². The lowest BCUT2D eigenvalue weighted by Crippen LogP contribution is -2.15. The largest absolute Gasteiger partial charge is 0.309 e. The Labute approximate surface area is 383 Å². The molecule has 0 heterocycles. The third kappa shape index (κ3) is 7.55. The van der Waals surface area contributed by atoms with Gasteiger partial charge in [0.1, 0.15) is 0 Å². The number of anilines is 6. The maximum atomic E-state index is 2.49. The zero-order chi connectivity index (χ0) is 44.2. The van der Waals surface area contributed by atoms with Crippen LogP contribution in [0.5, 0.6) is 0 Å². The molecule has 0 aromatic heterocycles. The summed E-state index contributed by atoms with van der Waals surface area (Å²) in [6.45, 7) is 11.0. The third-order valence-corrected chi connectivity index (χ3v) is 13.4. The van der Waals surface area contributed by atoms with Crippen molar-refractivity contribution in [3.63, 3.8) is 0 Å². The Morgan fingerprint density at radius 1 is 0.369 bits per heavy atom. The van der Waals surface area contributed by atoms with Gasteiger partial charge in [-0.05, 0) is 157 Å². The average molecular weight is 837 g/mol. The van der Waals surface area contributed by atoms with Crippen molar-refractivity contribution in [2.45, 2.75) is 41.0 Å². The van der Waals surface area contributed by atoms with E-state index in [1.807, 2.05) is 0 Å². The molecule has 1 atom stereocenters. The Kier molecular flexibility index (Phi) is 10.2. The van der Waals surface area contributed by atoms with E-state index >= 15 is 0 Å². The van der Waals surface area contributed by atoms with Crippen LogP contribution in [0.1, 0.15) is 40.3 Å². The topological polar surface area (TPSA) is 6.48 Å². The summed E-state index contributed by atoms with van der Waals surface area (Å²) in [6.07, 6.45) is 5.73. The quantitative estimate of drug-likeness (QED) is 0.111. The fraction of sp³-hybridized carbons (Fsp3) is 0.111. The summed E-state index contributed by atoms with van der Waals surface area (Å²) in [4.78, 5) is 4.98. The van der Waals surface area contributed by atoms with Crippen molar-refractivity contribution in [3.05, 3.63) is 234 Å². The summed E-state index contributed by atoms with van der Waals surface area (Å²) in [7, 11) is 0. The van der Waals surface area contributed by atoms with E-state index in [1.54, 1.807) is 0 Å². The molecular weight excluding hydrogens is 785 g/mol. The molecule has 0 N–H and O–H groups in total. The Bertz CT molecular complexity index is 3340. The third-order valence-electron chi connectivity index (χ3n) is 13.4. The van der Waals surface area contributed by atoms with Crippen molar-refractivity contribution < 1.29 is 0 Å². The molecule has 0 aliphatic heterocycles. The molecule has 11 rings (SSSR count). The van der Waals surface area contributed by atoms with Crippen molar-refractivity contribution in [2.75, 3.05) is 9.80 Å². The average Bonchev–Trinajstić information content (AvgIpc) is 3.33. The van der Waals surface area contributed by atoms with E-state index < -0.39 is 0 Å². The van der Waals surface area contributed by atoms with Gasteiger partial charge < -0.3 is 9.80 Å². The lowest BCUT2D eigenvalue weighted by Gasteiger charge is -2.33. The standard InChI is InChI=1S/C63H52N2/c1-41-11-26-54(27-12-41)64(55-28-13-42(2)14-29-55)62-59-35-25-53(51-23-22-48-36-45(5)10-19-49(48)38-51)40-61(59)63(65(56-30-15-43(3)16-31-56)57-32-17-44(4)18-33-57)58-34-24-52(39-60(58)62)50-21-20-46-8-6-7-9-47(46)37-50/h6-35,37-40,45H,36H2,1-5H3. The number of allylic oxidation sites excluding steroid dienone is 1. The molecule has 2 nitrogen and oxygen atoms in total. The van der Waals surface area contributed by atoms with Gasteiger partial charge in [-0.2, -0.15) is 0 Å². The normalized spacial score (nSPS) is 13.3. The van der Waals surface area contributed by atoms with Crippen molar-refractivity contribution >= 4 is 72.5 Å². The number of rotatable bonds is 8. The molecule has 10 aromatic carbocycles. The van der Waals surface area contributed by atoms with E-state index in [1.165, 1.54) is 88.0 Å². The highest BCUT2D eigenvalue weighted by Crippen LogP contribution is 2.52. The fourth-order valence-corrected chi connectivity index (χ4v) is 9.78. The van der Waals surface area contributed by atoms with Crippen LogP contribution >= 0.6 is 0 Å². The van der Waals surface area contributed by atoms with Gasteiger partial charge in [0.05, 0.1) is 11.4 Å². The van der Waals surface area contributed by atoms with Gasteiger partial charge in [0, 0.05) is 44.3 Å². The first-order valence-corrected chi connectivity index (χ1v) is 23.0. The van der Waals surface area contributed by atoms with Crippen LogP contribution in [-0.2, 0) is 6.42 Å². The van der Waals surface area contributed by atoms with Gasteiger partial charge in [0.2, 0.25) is 0 Å². The monoisotopic (exact) mass is 836 g/mol. The number of benzene rings is 10. The minimum absolute atomic E-state index is 0.546. The van der Waals surface area contributed by atoms with Crippen LogP contribution in [0.25, 0.3) is 60.6 Å². The molecule has 1 aliphatic carbocycles. The Morgan fingerprint density at radius 3 is 1.25 bits per heavy atom. The number of fused-ring (bicyclic) bond motifs is 4. The molecule has 0 amide bonds. The van der Waals surface area contributed by atoms with Crippen LogP contribution in [0, 0.1) is 33.6 Å². The number of hydrogen-bond donors (Lipinski definition) is 0. The molecule has 65 heavy (non-hydrogen) atoms. The van der Waals surface area contributed by atoms with Crippen molar-refractivity contribution in [2.24, 2.45) is 5.92 Å². The van der Waals surface area contributed by atoms with E-state index in [9.17, 15) is 0 Å². The molecule has 1 aliphatic rings. The zero-order valence-electron chi connectivity index (χ0n) is 37.8. The predicted molar refractivity (Wildman–Crippen MR) is 280 cm³/mol. The Hall–Kier alpha value is -7.68. The maximum Gasteiger partial charge on any atom is 0.0620 e. The lowest BCUT2D eigenvalue weighted by atomic mass is 9.87. The number of aryl methyl sites for hydroxylation is 4. The summed E-state index contributed by atoms with van der Waals surface area (Å²) in [6, 6.07) is 73.0. The fourth-order valence-electron chi connectivity index (χ4n) is 9.78. The second-order valence-corrected chi connectivity index (χ2v) is 18.2. The van der Waals surface area contributed by atoms with Gasteiger partial charge in [0.15, 0.2) is 0 Å². The van der Waals surface area contributed by atoms with Crippen LogP contribution in [-0.4, -0.2) is 0 Å². The molecule has 1 unspecified atom stereocenters. The molecule has 0 fully saturated rings. The molecule has 0 bridgehead atoms. The Balaban J connectivity index is 1.29. The van der Waals surface area contributed by atoms with Gasteiger partial charge in [-0.25, -0.2) is 0 Å². The Morgan fingerprint density at radius 2 is 0.769 bits per heavy atom. The molecule has 0 spiro atoms. The molecule has 314 valence electrons. The molecule has 0 radical (unpaired) electrons. The lowest BCUT2D eigenvalue weighted by molar-refractivity contribution is 0.717. The van der Waals surface area contributed by atoms with Crippen LogP contribution in [0.2, 0.25) is 0 Å². The summed E-state index contributed by atoms with van der Waals surface area (Å²) < 4.78 is 0. The second-order valence-electron chi connectivity index (χ2n) is 18.2. The minimum atomic E-state index is 0.546. The molecule has 2 heteroatoms. The minimum Gasteiger partial charge on any atom is -0.309 e. The summed E-state index contributed by atoms with van der Waals surface area (Å²) >= 11 is 0. The van der Waals surface area contributed by atoms with Gasteiger partial charge in [-0.15, -0.1) is 0 Å². The highest BCUT2D eigenvalue weighted by molar-refractivity contribution is 6.24. The molecule has 0 saturated carbocycles. The van der Waals surface area contributed by atoms with Gasteiger partial charge >= 0.3 is 0 Å². The predicted octanol–water partition coefficient (Wildman–Crippen LogP) is 17.9. The van der Waals surface area contributed by atoms with E-state index in [0.29, 0.717) is 5.92 Å². The number of nitrogens with zero attached hydrogens (tertiary/aromatic N) is 2. The SMILES string of the molecule is Cc1ccc(N(c2ccc(C)cc2)c2c3ccc(-c4ccc5ccccc5c4)cc3c(N(c3ccc(C)cc3)c3ccc(C)cc3)c3ccc(-c4ccc5c(c4)C=CC(C)C5)cc23)cc1. The van der Waals surface area contributed by atoms with Crippen molar-refractivity contribution in [1.29, 1.82) is 0 Å². The van der Waals surface area contributed by atoms with Crippen LogP contribution < -0.4 is 9.80 Å². The van der Waals surface area contributed by atoms with E-state index in [2.05, 4.69) is 251 Å². The van der Waals surface area contributed by atoms with E-state index in [0.717, 1.165) is 40.5 Å². The summed E-state index contributed by atoms with van der Waals surface area (Å²) in [5, 5.41) is 7.16. The van der Waals surface area contributed by atoms with Crippen molar-refractivity contribution in [1.82, 2.24) is 0 Å². The smallest absolute Gasteiger partial charge is 0.0620 e. The van der Waals surface area contributed by atoms with Gasteiger partial charge in [0.25, 0.3) is 0 Å². The van der Waals surface area contributed by atoms with E-state index in [4.69, 9.17) is 0 Å². The number of hydrogen-bond acceptors (Lipinski definition) is 2. The highest BCUT2D eigenvalue weighted by Gasteiger charge is 2.27. The first-order valence-electron chi connectivity index (χ1n) is 23.0. The van der Waals surface area contributed by atoms with Crippen molar-refractivity contribution in [3.8, 4) is 22.3 Å². The van der Waals surface area contributed by atoms with Crippen LogP contribution in [0.3, 0.4) is 0 Å². The van der Waals surface area contributed by atoms with Crippen LogP contribution in [0.4, 0.5) is 34.1 Å². The first kappa shape index (κ1) is 40.1. The molecule has 10 aromatic rings. The molecular formula is C63H52N2. The zero-order valence-corrected chi connectivity index (χ0v) is 37.8. The van der Waals surface area contributed by atoms with Gasteiger partial charge in [-0.1, -0.05) is 163 Å². The van der Waals surface area contributed by atoms with Gasteiger partial charge in [-0.3, -0.25) is 0 Å². The van der Waals surface area contributed by atoms with E-state index in [-0.39, 0.29) is 0 Å². The second kappa shape index (κ2) is 16.5. The summed E-state index contributed by atoms with van der Waals surface area (Å²) in [5.41, 5.74) is 19.2. The first-order chi connectivity index (χ1) is 31.7. The maximum absolute atomic E-state index is 2.49. The molecule has 0 saturated heterocycles. The summed E-state index contributed by atoms with van der Waals surface area (Å²) in [5.74, 6) is 0.546. The highest BCUT2D eigenvalue weighted by atomic mass is 15.2.